The molecule has 0 fully saturated rings. The van der Waals surface area contributed by atoms with Gasteiger partial charge in [-0.25, -0.2) is 8.42 Å². The van der Waals surface area contributed by atoms with Gasteiger partial charge in [0.25, 0.3) is 5.69 Å². The first kappa shape index (κ1) is 16.9. The Labute approximate surface area is 123 Å². The van der Waals surface area contributed by atoms with E-state index in [9.17, 15) is 18.5 Å². The molecule has 0 amide bonds. The second-order valence-electron chi connectivity index (χ2n) is 5.17. The van der Waals surface area contributed by atoms with E-state index in [0.29, 0.717) is 5.56 Å². The summed E-state index contributed by atoms with van der Waals surface area (Å²) < 4.78 is 22.2. The fraction of sp³-hybridized carbons (Fsp3) is 0.500. The van der Waals surface area contributed by atoms with E-state index < -0.39 is 19.5 Å². The van der Waals surface area contributed by atoms with Crippen LogP contribution in [0.15, 0.2) is 18.2 Å². The molecule has 0 radical (unpaired) electrons. The van der Waals surface area contributed by atoms with Gasteiger partial charge in [0, 0.05) is 36.0 Å². The number of nitro groups is 1. The normalized spacial score (nSPS) is 12.4. The van der Waals surface area contributed by atoms with Gasteiger partial charge >= 0.3 is 0 Å². The summed E-state index contributed by atoms with van der Waals surface area (Å²) in [5.74, 6) is 0. The van der Waals surface area contributed by atoms with Gasteiger partial charge in [0.15, 0.2) is 9.84 Å². The largest absolute Gasteiger partial charge is 0.311 e. The molecular weight excluding hydrogens is 304 g/mol. The molecule has 8 heteroatoms. The van der Waals surface area contributed by atoms with Gasteiger partial charge < -0.3 is 5.32 Å². The van der Waals surface area contributed by atoms with Crippen LogP contribution in [0.1, 0.15) is 19.4 Å². The third kappa shape index (κ3) is 4.16. The third-order valence-electron chi connectivity index (χ3n) is 3.11. The van der Waals surface area contributed by atoms with Crippen LogP contribution in [0.25, 0.3) is 0 Å². The lowest BCUT2D eigenvalue weighted by molar-refractivity contribution is -0.385. The zero-order valence-electron chi connectivity index (χ0n) is 11.5. The Morgan fingerprint density at radius 2 is 2.00 bits per heavy atom. The molecule has 0 unspecified atom stereocenters. The third-order valence-corrected chi connectivity index (χ3v) is 5.50. The summed E-state index contributed by atoms with van der Waals surface area (Å²) in [7, 11) is -3.21. The van der Waals surface area contributed by atoms with Crippen molar-refractivity contribution in [1.29, 1.82) is 0 Å². The molecule has 0 aliphatic carbocycles. The topological polar surface area (TPSA) is 89.3 Å². The monoisotopic (exact) mass is 320 g/mol. The molecule has 112 valence electrons. The smallest absolute Gasteiger partial charge is 0.275 e. The molecule has 0 heterocycles. The number of hydrogen-bond donors (Lipinski definition) is 1. The molecule has 0 saturated heterocycles. The number of rotatable bonds is 6. The SMILES string of the molecule is CC(C)(CNCc1ccc(Cl)cc1[N+](=O)[O-])S(C)(=O)=O. The van der Waals surface area contributed by atoms with Crippen LogP contribution in [0.5, 0.6) is 0 Å². The summed E-state index contributed by atoms with van der Waals surface area (Å²) in [6.45, 7) is 3.61. The standard InChI is InChI=1S/C12H17ClN2O4S/c1-12(2,20(3,18)19)8-14-7-9-4-5-10(13)6-11(9)15(16)17/h4-6,14H,7-8H2,1-3H3. The number of nitrogens with one attached hydrogen (secondary N) is 1. The predicted molar refractivity (Wildman–Crippen MR) is 78.7 cm³/mol. The lowest BCUT2D eigenvalue weighted by Gasteiger charge is -2.22. The Bertz CT molecular complexity index is 614. The number of halogens is 1. The highest BCUT2D eigenvalue weighted by Gasteiger charge is 2.29. The zero-order valence-corrected chi connectivity index (χ0v) is 13.1. The Morgan fingerprint density at radius 1 is 1.40 bits per heavy atom. The zero-order chi connectivity index (χ0) is 15.6. The van der Waals surface area contributed by atoms with Crippen molar-refractivity contribution in [3.8, 4) is 0 Å². The number of benzene rings is 1. The lowest BCUT2D eigenvalue weighted by Crippen LogP contribution is -2.41. The van der Waals surface area contributed by atoms with Crippen molar-refractivity contribution in [2.45, 2.75) is 25.1 Å². The summed E-state index contributed by atoms with van der Waals surface area (Å²) in [6, 6.07) is 4.40. The molecule has 0 aliphatic rings. The summed E-state index contributed by atoms with van der Waals surface area (Å²) >= 11 is 5.72. The van der Waals surface area contributed by atoms with Gasteiger partial charge in [-0.05, 0) is 26.0 Å². The van der Waals surface area contributed by atoms with Crippen molar-refractivity contribution in [1.82, 2.24) is 5.32 Å². The summed E-state index contributed by atoms with van der Waals surface area (Å²) in [6.07, 6.45) is 1.17. The van der Waals surface area contributed by atoms with Crippen molar-refractivity contribution in [3.05, 3.63) is 38.9 Å². The van der Waals surface area contributed by atoms with Crippen LogP contribution in [-0.4, -0.2) is 30.9 Å². The molecule has 1 rings (SSSR count). The highest BCUT2D eigenvalue weighted by molar-refractivity contribution is 7.92. The average Bonchev–Trinajstić information content (AvgIpc) is 2.29. The van der Waals surface area contributed by atoms with Crippen LogP contribution in [0.4, 0.5) is 5.69 Å². The summed E-state index contributed by atoms with van der Waals surface area (Å²) in [5, 5.41) is 14.1. The first-order valence-electron chi connectivity index (χ1n) is 5.88. The van der Waals surface area contributed by atoms with Crippen LogP contribution in [0, 0.1) is 10.1 Å². The molecule has 1 aromatic rings. The molecule has 6 nitrogen and oxygen atoms in total. The van der Waals surface area contributed by atoms with Crippen molar-refractivity contribution in [3.63, 3.8) is 0 Å². The van der Waals surface area contributed by atoms with Crippen LogP contribution < -0.4 is 5.32 Å². The minimum atomic E-state index is -3.21. The van der Waals surface area contributed by atoms with Gasteiger partial charge in [-0.3, -0.25) is 10.1 Å². The highest BCUT2D eigenvalue weighted by Crippen LogP contribution is 2.23. The molecule has 20 heavy (non-hydrogen) atoms. The van der Waals surface area contributed by atoms with E-state index in [4.69, 9.17) is 11.6 Å². The van der Waals surface area contributed by atoms with E-state index in [1.165, 1.54) is 12.3 Å². The average molecular weight is 321 g/mol. The van der Waals surface area contributed by atoms with Gasteiger partial charge in [0.1, 0.15) is 0 Å². The maximum Gasteiger partial charge on any atom is 0.275 e. The van der Waals surface area contributed by atoms with Crippen molar-refractivity contribution in [2.75, 3.05) is 12.8 Å². The highest BCUT2D eigenvalue weighted by atomic mass is 35.5. The van der Waals surface area contributed by atoms with E-state index in [2.05, 4.69) is 5.32 Å². The number of sulfone groups is 1. The van der Waals surface area contributed by atoms with E-state index in [-0.39, 0.29) is 23.8 Å². The van der Waals surface area contributed by atoms with E-state index in [1.54, 1.807) is 26.0 Å². The minimum absolute atomic E-state index is 0.0813. The molecule has 1 N–H and O–H groups in total. The van der Waals surface area contributed by atoms with E-state index in [1.807, 2.05) is 0 Å². The predicted octanol–water partition coefficient (Wildman–Crippen LogP) is 2.16. The Kier molecular flexibility index (Phi) is 5.12. The fourth-order valence-electron chi connectivity index (χ4n) is 1.49. The molecule has 0 bridgehead atoms. The quantitative estimate of drug-likeness (QED) is 0.641. The van der Waals surface area contributed by atoms with Crippen LogP contribution in [-0.2, 0) is 16.4 Å². The van der Waals surface area contributed by atoms with E-state index >= 15 is 0 Å². The molecule has 1 aromatic carbocycles. The number of hydrogen-bond acceptors (Lipinski definition) is 5. The molecule has 0 saturated carbocycles. The Balaban J connectivity index is 2.80. The number of nitrogens with zero attached hydrogens (tertiary/aromatic N) is 1. The van der Waals surface area contributed by atoms with E-state index in [0.717, 1.165) is 0 Å². The lowest BCUT2D eigenvalue weighted by atomic mass is 10.1. The van der Waals surface area contributed by atoms with Crippen LogP contribution >= 0.6 is 11.6 Å². The summed E-state index contributed by atoms with van der Waals surface area (Å²) in [5.41, 5.74) is 0.380. The van der Waals surface area contributed by atoms with Crippen molar-refractivity contribution < 1.29 is 13.3 Å². The first-order chi connectivity index (χ1) is 9.04. The van der Waals surface area contributed by atoms with Gasteiger partial charge in [0.05, 0.1) is 9.67 Å². The molecule has 0 spiro atoms. The summed E-state index contributed by atoms with van der Waals surface area (Å²) in [4.78, 5) is 10.4. The molecule has 0 aromatic heterocycles. The Morgan fingerprint density at radius 3 is 2.50 bits per heavy atom. The molecule has 0 atom stereocenters. The second kappa shape index (κ2) is 6.07. The second-order valence-corrected chi connectivity index (χ2v) is 8.25. The fourth-order valence-corrected chi connectivity index (χ4v) is 2.02. The van der Waals surface area contributed by atoms with Gasteiger partial charge in [-0.1, -0.05) is 11.6 Å². The molecule has 0 aliphatic heterocycles. The minimum Gasteiger partial charge on any atom is -0.311 e. The van der Waals surface area contributed by atoms with Gasteiger partial charge in [-0.2, -0.15) is 0 Å². The van der Waals surface area contributed by atoms with Crippen LogP contribution in [0.3, 0.4) is 0 Å². The van der Waals surface area contributed by atoms with Crippen LogP contribution in [0.2, 0.25) is 5.02 Å². The Hall–Kier alpha value is -1.18. The van der Waals surface area contributed by atoms with Crippen molar-refractivity contribution >= 4 is 27.1 Å². The van der Waals surface area contributed by atoms with Gasteiger partial charge in [0.2, 0.25) is 0 Å². The van der Waals surface area contributed by atoms with Crippen molar-refractivity contribution in [2.24, 2.45) is 0 Å². The first-order valence-corrected chi connectivity index (χ1v) is 8.15. The maximum absolute atomic E-state index is 11.5. The van der Waals surface area contributed by atoms with Gasteiger partial charge in [-0.15, -0.1) is 0 Å². The maximum atomic E-state index is 11.5. The number of nitro benzene ring substituents is 1. The molecular formula is C12H17ClN2O4S.